The molecule has 12 nitrogen and oxygen atoms in total. The summed E-state index contributed by atoms with van der Waals surface area (Å²) in [4.78, 5) is 29.1. The molecule has 13 heteroatoms. The fourth-order valence-corrected chi connectivity index (χ4v) is 2.82. The zero-order valence-electron chi connectivity index (χ0n) is 17.0. The van der Waals surface area contributed by atoms with E-state index in [0.29, 0.717) is 30.0 Å². The van der Waals surface area contributed by atoms with Crippen molar-refractivity contribution in [3.63, 3.8) is 0 Å². The van der Waals surface area contributed by atoms with Crippen molar-refractivity contribution in [3.05, 3.63) is 57.0 Å². The maximum Gasteiger partial charge on any atom is 0.394 e. The summed E-state index contributed by atoms with van der Waals surface area (Å²) in [6.07, 6.45) is 3.26. The molecule has 1 aromatic heterocycles. The number of aromatic nitrogens is 2. The fourth-order valence-electron chi connectivity index (χ4n) is 2.82. The van der Waals surface area contributed by atoms with Crippen LogP contribution in [0.3, 0.4) is 0 Å². The molecule has 0 radical (unpaired) electrons. The molecule has 0 saturated heterocycles. The molecule has 3 rings (SSSR count). The molecule has 2 aromatic rings. The van der Waals surface area contributed by atoms with Crippen molar-refractivity contribution in [2.24, 2.45) is 7.05 Å². The minimum absolute atomic E-state index is 0.0782. The van der Waals surface area contributed by atoms with Crippen molar-refractivity contribution in [1.82, 2.24) is 14.5 Å². The van der Waals surface area contributed by atoms with E-state index >= 15 is 0 Å². The van der Waals surface area contributed by atoms with Crippen LogP contribution in [0.1, 0.15) is 21.7 Å². The van der Waals surface area contributed by atoms with Crippen molar-refractivity contribution in [2.45, 2.75) is 6.42 Å². The van der Waals surface area contributed by atoms with Gasteiger partial charge in [0, 0.05) is 30.2 Å². The van der Waals surface area contributed by atoms with Gasteiger partial charge in [0.05, 0.1) is 7.05 Å². The summed E-state index contributed by atoms with van der Waals surface area (Å²) < 4.78 is 38.7. The minimum atomic E-state index is -4.67. The number of nitrogens with zero attached hydrogens (tertiary/aromatic N) is 4. The number of hydrogen-bond acceptors (Lipinski definition) is 8. The van der Waals surface area contributed by atoms with Gasteiger partial charge in [-0.05, 0) is 42.8 Å². The van der Waals surface area contributed by atoms with Crippen LogP contribution >= 0.6 is 0 Å². The summed E-state index contributed by atoms with van der Waals surface area (Å²) in [7, 11) is 0.842. The highest BCUT2D eigenvalue weighted by Crippen LogP contribution is 2.31. The van der Waals surface area contributed by atoms with Crippen molar-refractivity contribution >= 4 is 28.1 Å². The third-order valence-electron chi connectivity index (χ3n) is 4.29. The van der Waals surface area contributed by atoms with Crippen molar-refractivity contribution in [3.8, 4) is 5.75 Å². The average Bonchev–Trinajstić information content (AvgIpc) is 3.14. The van der Waals surface area contributed by atoms with Crippen LogP contribution < -0.4 is 4.74 Å². The van der Waals surface area contributed by atoms with Crippen molar-refractivity contribution in [1.29, 1.82) is 0 Å². The quantitative estimate of drug-likeness (QED) is 0.282. The Bertz CT molecular complexity index is 1110. The summed E-state index contributed by atoms with van der Waals surface area (Å²) in [5, 5.41) is 10.9. The predicted molar refractivity (Wildman–Crippen MR) is 111 cm³/mol. The third-order valence-corrected chi connectivity index (χ3v) is 4.29. The van der Waals surface area contributed by atoms with E-state index in [1.807, 2.05) is 25.1 Å². The van der Waals surface area contributed by atoms with Crippen LogP contribution in [-0.2, 0) is 23.9 Å². The molecular formula is C18H22N4O8S. The molecule has 1 aromatic carbocycles. The molecule has 0 fully saturated rings. The number of carbonyl (C=O) groups is 1. The van der Waals surface area contributed by atoms with Gasteiger partial charge in [0.2, 0.25) is 5.82 Å². The fraction of sp³-hybridized carbons (Fsp3) is 0.333. The van der Waals surface area contributed by atoms with Gasteiger partial charge in [0.1, 0.15) is 18.6 Å². The number of imidazole rings is 1. The summed E-state index contributed by atoms with van der Waals surface area (Å²) in [6.45, 7) is 1.37. The maximum atomic E-state index is 12.6. The van der Waals surface area contributed by atoms with Crippen molar-refractivity contribution in [2.75, 3.05) is 27.2 Å². The number of rotatable bonds is 6. The summed E-state index contributed by atoms with van der Waals surface area (Å²) >= 11 is 0. The molecule has 0 bridgehead atoms. The first kappa shape index (κ1) is 24.1. The molecule has 168 valence electrons. The Hall–Kier alpha value is -3.13. The van der Waals surface area contributed by atoms with E-state index < -0.39 is 15.3 Å². The number of fused-ring (bicyclic) bond motifs is 1. The molecular weight excluding hydrogens is 432 g/mol. The van der Waals surface area contributed by atoms with E-state index in [2.05, 4.69) is 4.98 Å². The van der Waals surface area contributed by atoms with Gasteiger partial charge in [0.15, 0.2) is 5.78 Å². The van der Waals surface area contributed by atoms with Gasteiger partial charge in [-0.3, -0.25) is 13.9 Å². The number of ether oxygens (including phenoxy) is 1. The molecule has 31 heavy (non-hydrogen) atoms. The Labute approximate surface area is 178 Å². The highest BCUT2D eigenvalue weighted by Gasteiger charge is 2.27. The van der Waals surface area contributed by atoms with E-state index in [0.717, 1.165) is 17.9 Å². The van der Waals surface area contributed by atoms with Crippen LogP contribution in [0.25, 0.3) is 6.08 Å². The molecule has 0 saturated carbocycles. The van der Waals surface area contributed by atoms with Crippen LogP contribution in [0.5, 0.6) is 5.75 Å². The molecule has 1 heterocycles. The van der Waals surface area contributed by atoms with E-state index in [1.165, 1.54) is 10.8 Å². The highest BCUT2D eigenvalue weighted by molar-refractivity contribution is 7.79. The number of hydrogen-bond donors (Lipinski definition) is 2. The van der Waals surface area contributed by atoms with Crippen LogP contribution in [0, 0.1) is 10.1 Å². The number of ketones is 1. The van der Waals surface area contributed by atoms with E-state index in [9.17, 15) is 14.9 Å². The Kier molecular flexibility index (Phi) is 7.62. The lowest BCUT2D eigenvalue weighted by molar-refractivity contribution is -0.391. The Morgan fingerprint density at radius 1 is 1.35 bits per heavy atom. The lowest BCUT2D eigenvalue weighted by Gasteiger charge is -2.11. The normalized spacial score (nSPS) is 14.4. The van der Waals surface area contributed by atoms with Gasteiger partial charge in [-0.15, -0.1) is 0 Å². The van der Waals surface area contributed by atoms with Gasteiger partial charge in [-0.25, -0.2) is 9.55 Å². The Morgan fingerprint density at radius 3 is 2.55 bits per heavy atom. The first-order valence-corrected chi connectivity index (χ1v) is 10.3. The third kappa shape index (κ3) is 6.96. The van der Waals surface area contributed by atoms with E-state index in [-0.39, 0.29) is 11.6 Å². The minimum Gasteiger partial charge on any atom is -0.492 e. The van der Waals surface area contributed by atoms with Crippen molar-refractivity contribution < 1.29 is 32.0 Å². The van der Waals surface area contributed by atoms with Gasteiger partial charge in [0.25, 0.3) is 0 Å². The zero-order valence-corrected chi connectivity index (χ0v) is 17.9. The summed E-state index contributed by atoms with van der Waals surface area (Å²) in [5.74, 6) is 0.921. The number of benzene rings is 1. The average molecular weight is 454 g/mol. The molecule has 1 aliphatic rings. The summed E-state index contributed by atoms with van der Waals surface area (Å²) in [6, 6.07) is 5.44. The summed E-state index contributed by atoms with van der Waals surface area (Å²) in [5.41, 5.74) is 2.10. The van der Waals surface area contributed by atoms with E-state index in [4.69, 9.17) is 22.3 Å². The van der Waals surface area contributed by atoms with Gasteiger partial charge in [-0.1, -0.05) is 0 Å². The Morgan fingerprint density at radius 2 is 2.00 bits per heavy atom. The predicted octanol–water partition coefficient (Wildman–Crippen LogP) is 1.44. The first-order valence-electron chi connectivity index (χ1n) is 8.88. The van der Waals surface area contributed by atoms with Gasteiger partial charge in [-0.2, -0.15) is 8.42 Å². The maximum absolute atomic E-state index is 12.6. The number of allylic oxidation sites excluding steroid dienone is 1. The molecule has 2 N–H and O–H groups in total. The second kappa shape index (κ2) is 9.78. The second-order valence-corrected chi connectivity index (χ2v) is 7.78. The molecule has 0 amide bonds. The molecule has 0 aliphatic heterocycles. The number of Topliss-reactive ketones (excluding diaryl/α,β-unsaturated/α-hetero) is 1. The smallest absolute Gasteiger partial charge is 0.394 e. The molecule has 0 unspecified atom stereocenters. The molecule has 0 atom stereocenters. The lowest BCUT2D eigenvalue weighted by atomic mass is 10.1. The van der Waals surface area contributed by atoms with Gasteiger partial charge < -0.3 is 19.8 Å². The monoisotopic (exact) mass is 454 g/mol. The molecule has 0 spiro atoms. The highest BCUT2D eigenvalue weighted by atomic mass is 32.3. The van der Waals surface area contributed by atoms with Crippen LogP contribution in [0.4, 0.5) is 5.82 Å². The zero-order chi connectivity index (χ0) is 23.3. The Balaban J connectivity index is 0.000000614. The topological polar surface area (TPSA) is 165 Å². The number of carbonyl (C=O) groups excluding carboxylic acids is 1. The first-order chi connectivity index (χ1) is 14.4. The van der Waals surface area contributed by atoms with Crippen LogP contribution in [-0.4, -0.2) is 69.9 Å². The second-order valence-electron chi connectivity index (χ2n) is 6.88. The van der Waals surface area contributed by atoms with Crippen LogP contribution in [0.2, 0.25) is 0 Å². The largest absolute Gasteiger partial charge is 0.492 e. The van der Waals surface area contributed by atoms with Crippen LogP contribution in [0.15, 0.2) is 30.0 Å². The standard InChI is InChI=1S/C18H20N4O4.H2O4S/c1-20(2)6-7-26-14-4-5-15-12(9-14)8-13(18(15)23)10-16-19-11-17(21(16)3)22(24)25;1-5(2,3)4/h4-5,9-11H,6-8H2,1-3H3;(H2,1,2,3,4). The number of likely N-dealkylation sites (N-methyl/N-ethyl adjacent to an activating group) is 1. The SMILES string of the molecule is CN(C)CCOc1ccc2c(c1)CC(=Cc1ncc([N+](=O)[O-])n1C)C2=O.O=S(=O)(O)O. The van der Waals surface area contributed by atoms with E-state index in [1.54, 1.807) is 25.3 Å². The molecule has 1 aliphatic carbocycles. The van der Waals surface area contributed by atoms with Gasteiger partial charge >= 0.3 is 16.2 Å². The lowest BCUT2D eigenvalue weighted by Crippen LogP contribution is -2.19. The number of nitro groups is 1.